The molecule has 0 aliphatic rings. The van der Waals surface area contributed by atoms with E-state index in [-0.39, 0.29) is 5.56 Å². The Bertz CT molecular complexity index is 574. The zero-order valence-electron chi connectivity index (χ0n) is 7.98. The molecule has 0 spiro atoms. The maximum absolute atomic E-state index is 11.4. The van der Waals surface area contributed by atoms with Crippen molar-refractivity contribution in [2.45, 2.75) is 0 Å². The molecule has 2 aromatic rings. The Morgan fingerprint density at radius 2 is 2.33 bits per heavy atom. The number of rotatable bonds is 1. The van der Waals surface area contributed by atoms with Gasteiger partial charge in [0.1, 0.15) is 5.56 Å². The Labute approximate surface area is 84.7 Å². The number of H-pyrrole nitrogens is 1. The highest BCUT2D eigenvalue weighted by atomic mass is 16.5. The summed E-state index contributed by atoms with van der Waals surface area (Å²) in [6.07, 6.45) is 1.59. The fourth-order valence-electron chi connectivity index (χ4n) is 1.29. The van der Waals surface area contributed by atoms with E-state index in [0.29, 0.717) is 11.0 Å². The van der Waals surface area contributed by atoms with Gasteiger partial charge in [0.05, 0.1) is 18.1 Å². The summed E-state index contributed by atoms with van der Waals surface area (Å²) in [6, 6.07) is 4.83. The molecule has 0 aromatic carbocycles. The molecular formula is C10H8N2O3. The lowest BCUT2D eigenvalue weighted by molar-refractivity contribution is 0.0599. The smallest absolute Gasteiger partial charge is 0.343 e. The summed E-state index contributed by atoms with van der Waals surface area (Å²) in [4.78, 5) is 29.2. The molecule has 0 amide bonds. The first-order valence-corrected chi connectivity index (χ1v) is 4.29. The lowest BCUT2D eigenvalue weighted by Gasteiger charge is -2.00. The lowest BCUT2D eigenvalue weighted by Crippen LogP contribution is -2.18. The van der Waals surface area contributed by atoms with Crippen LogP contribution in [0, 0.1) is 0 Å². The summed E-state index contributed by atoms with van der Waals surface area (Å²) in [5.41, 5.74) is 0.638. The number of methoxy groups -OCH3 is 1. The summed E-state index contributed by atoms with van der Waals surface area (Å²) >= 11 is 0. The van der Waals surface area contributed by atoms with Gasteiger partial charge in [-0.3, -0.25) is 9.78 Å². The molecule has 0 aliphatic carbocycles. The number of hydrogen-bond acceptors (Lipinski definition) is 4. The van der Waals surface area contributed by atoms with Gasteiger partial charge in [0.15, 0.2) is 0 Å². The van der Waals surface area contributed by atoms with Gasteiger partial charge in [0.25, 0.3) is 5.56 Å². The Morgan fingerprint density at radius 1 is 1.53 bits per heavy atom. The van der Waals surface area contributed by atoms with Crippen LogP contribution in [0.5, 0.6) is 0 Å². The van der Waals surface area contributed by atoms with Gasteiger partial charge in [0.2, 0.25) is 0 Å². The molecule has 0 unspecified atom stereocenters. The molecule has 1 N–H and O–H groups in total. The molecule has 0 radical (unpaired) electrons. The number of ether oxygens (including phenoxy) is 1. The van der Waals surface area contributed by atoms with Crippen LogP contribution in [0.2, 0.25) is 0 Å². The molecule has 76 valence electrons. The van der Waals surface area contributed by atoms with Gasteiger partial charge in [-0.15, -0.1) is 0 Å². The molecule has 0 bridgehead atoms. The van der Waals surface area contributed by atoms with Crippen LogP contribution in [0.4, 0.5) is 0 Å². The molecule has 0 fully saturated rings. The monoisotopic (exact) mass is 204 g/mol. The summed E-state index contributed by atoms with van der Waals surface area (Å²) in [5.74, 6) is -0.663. The molecule has 2 aromatic heterocycles. The fraction of sp³-hybridized carbons (Fsp3) is 0.100. The minimum atomic E-state index is -0.663. The maximum Gasteiger partial charge on any atom is 0.343 e. The van der Waals surface area contributed by atoms with E-state index in [1.807, 2.05) is 0 Å². The second kappa shape index (κ2) is 3.53. The first-order valence-electron chi connectivity index (χ1n) is 4.29. The first kappa shape index (κ1) is 9.39. The number of nitrogens with one attached hydrogen (secondary N) is 1. The van der Waals surface area contributed by atoms with Gasteiger partial charge in [-0.05, 0) is 18.2 Å². The average molecular weight is 204 g/mol. The predicted octanol–water partition coefficient (Wildman–Crippen LogP) is 0.710. The van der Waals surface area contributed by atoms with E-state index in [0.717, 1.165) is 0 Å². The Morgan fingerprint density at radius 3 is 3.07 bits per heavy atom. The summed E-state index contributed by atoms with van der Waals surface area (Å²) < 4.78 is 4.48. The van der Waals surface area contributed by atoms with Crippen molar-refractivity contribution in [1.29, 1.82) is 0 Å². The van der Waals surface area contributed by atoms with Crippen LogP contribution < -0.4 is 5.56 Å². The highest BCUT2D eigenvalue weighted by Crippen LogP contribution is 2.07. The van der Waals surface area contributed by atoms with Gasteiger partial charge in [-0.1, -0.05) is 0 Å². The normalized spacial score (nSPS) is 10.2. The zero-order valence-corrected chi connectivity index (χ0v) is 7.98. The summed E-state index contributed by atoms with van der Waals surface area (Å²) in [7, 11) is 1.23. The van der Waals surface area contributed by atoms with E-state index in [1.54, 1.807) is 18.3 Å². The minimum absolute atomic E-state index is 0.0382. The molecule has 0 atom stereocenters. The number of aromatic amines is 1. The average Bonchev–Trinajstić information content (AvgIpc) is 2.27. The molecular weight excluding hydrogens is 196 g/mol. The Kier molecular flexibility index (Phi) is 2.21. The van der Waals surface area contributed by atoms with Crippen molar-refractivity contribution in [3.05, 3.63) is 40.3 Å². The van der Waals surface area contributed by atoms with E-state index >= 15 is 0 Å². The van der Waals surface area contributed by atoms with Gasteiger partial charge < -0.3 is 9.72 Å². The van der Waals surface area contributed by atoms with Crippen molar-refractivity contribution in [2.75, 3.05) is 7.11 Å². The highest BCUT2D eigenvalue weighted by Gasteiger charge is 2.11. The van der Waals surface area contributed by atoms with E-state index < -0.39 is 11.5 Å². The SMILES string of the molecule is COC(=O)c1cc2ncccc2[nH]c1=O. The number of esters is 1. The molecule has 2 heterocycles. The van der Waals surface area contributed by atoms with Crippen LogP contribution >= 0.6 is 0 Å². The van der Waals surface area contributed by atoms with Gasteiger partial charge >= 0.3 is 5.97 Å². The highest BCUT2D eigenvalue weighted by molar-refractivity contribution is 5.92. The van der Waals surface area contributed by atoms with Crippen LogP contribution in [-0.4, -0.2) is 23.0 Å². The van der Waals surface area contributed by atoms with Gasteiger partial charge in [-0.2, -0.15) is 0 Å². The number of carbonyl (C=O) groups excluding carboxylic acids is 1. The molecule has 2 rings (SSSR count). The van der Waals surface area contributed by atoms with E-state index in [4.69, 9.17) is 0 Å². The van der Waals surface area contributed by atoms with Crippen LogP contribution in [0.1, 0.15) is 10.4 Å². The van der Waals surface area contributed by atoms with E-state index in [1.165, 1.54) is 13.2 Å². The number of aromatic nitrogens is 2. The lowest BCUT2D eigenvalue weighted by atomic mass is 10.2. The van der Waals surface area contributed by atoms with Crippen LogP contribution in [-0.2, 0) is 4.74 Å². The fourth-order valence-corrected chi connectivity index (χ4v) is 1.29. The zero-order chi connectivity index (χ0) is 10.8. The summed E-state index contributed by atoms with van der Waals surface area (Å²) in [5, 5.41) is 0. The third kappa shape index (κ3) is 1.59. The van der Waals surface area contributed by atoms with Crippen LogP contribution in [0.25, 0.3) is 11.0 Å². The third-order valence-corrected chi connectivity index (χ3v) is 2.02. The van der Waals surface area contributed by atoms with Crippen molar-refractivity contribution in [3.63, 3.8) is 0 Å². The van der Waals surface area contributed by atoms with Crippen molar-refractivity contribution < 1.29 is 9.53 Å². The standard InChI is InChI=1S/C10H8N2O3/c1-15-10(14)6-5-8-7(12-9(6)13)3-2-4-11-8/h2-5H,1H3,(H,12,13). The topological polar surface area (TPSA) is 72.0 Å². The van der Waals surface area contributed by atoms with Crippen LogP contribution in [0.15, 0.2) is 29.2 Å². The maximum atomic E-state index is 11.4. The first-order chi connectivity index (χ1) is 7.22. The summed E-state index contributed by atoms with van der Waals surface area (Å²) in [6.45, 7) is 0. The molecule has 5 nitrogen and oxygen atoms in total. The third-order valence-electron chi connectivity index (χ3n) is 2.02. The molecule has 5 heteroatoms. The van der Waals surface area contributed by atoms with Crippen molar-refractivity contribution in [3.8, 4) is 0 Å². The number of nitrogens with zero attached hydrogens (tertiary/aromatic N) is 1. The van der Waals surface area contributed by atoms with Crippen molar-refractivity contribution in [2.24, 2.45) is 0 Å². The largest absolute Gasteiger partial charge is 0.465 e. The molecule has 0 saturated carbocycles. The quantitative estimate of drug-likeness (QED) is 0.694. The second-order valence-corrected chi connectivity index (χ2v) is 2.94. The van der Waals surface area contributed by atoms with Crippen molar-refractivity contribution in [1.82, 2.24) is 9.97 Å². The van der Waals surface area contributed by atoms with Crippen molar-refractivity contribution >= 4 is 17.0 Å². The number of hydrogen-bond donors (Lipinski definition) is 1. The van der Waals surface area contributed by atoms with Gasteiger partial charge in [0, 0.05) is 6.20 Å². The Hall–Kier alpha value is -2.17. The Balaban J connectivity index is 2.73. The number of pyridine rings is 2. The number of carbonyl (C=O) groups is 1. The predicted molar refractivity (Wildman–Crippen MR) is 53.7 cm³/mol. The van der Waals surface area contributed by atoms with Gasteiger partial charge in [-0.25, -0.2) is 4.79 Å². The second-order valence-electron chi connectivity index (χ2n) is 2.94. The molecule has 0 aliphatic heterocycles. The molecule has 15 heavy (non-hydrogen) atoms. The minimum Gasteiger partial charge on any atom is -0.465 e. The van der Waals surface area contributed by atoms with E-state index in [9.17, 15) is 9.59 Å². The van der Waals surface area contributed by atoms with E-state index in [2.05, 4.69) is 14.7 Å². The molecule has 0 saturated heterocycles. The van der Waals surface area contributed by atoms with Crippen LogP contribution in [0.3, 0.4) is 0 Å². The number of fused-ring (bicyclic) bond motifs is 1.